The van der Waals surface area contributed by atoms with Crippen molar-refractivity contribution in [2.75, 3.05) is 40.8 Å². The van der Waals surface area contributed by atoms with Crippen LogP contribution in [0.2, 0.25) is 0 Å². The molecule has 3 nitrogen and oxygen atoms in total. The second-order valence-corrected chi connectivity index (χ2v) is 5.74. The molecule has 1 aromatic rings. The molecule has 0 spiro atoms. The monoisotopic (exact) mass is 261 g/mol. The molecule has 1 fully saturated rings. The number of likely N-dealkylation sites (tertiary alicyclic amines) is 1. The quantitative estimate of drug-likeness (QED) is 0.874. The molecule has 0 saturated carbocycles. The zero-order chi connectivity index (χ0) is 13.7. The Morgan fingerprint density at radius 2 is 2.05 bits per heavy atom. The molecule has 2 unspecified atom stereocenters. The lowest BCUT2D eigenvalue weighted by atomic mass is 9.99. The van der Waals surface area contributed by atoms with Gasteiger partial charge < -0.3 is 10.2 Å². The van der Waals surface area contributed by atoms with Crippen molar-refractivity contribution < 1.29 is 0 Å². The van der Waals surface area contributed by atoms with E-state index in [9.17, 15) is 0 Å². The molecule has 19 heavy (non-hydrogen) atoms. The summed E-state index contributed by atoms with van der Waals surface area (Å²) in [5.41, 5.74) is 1.43. The van der Waals surface area contributed by atoms with Crippen molar-refractivity contribution in [3.8, 4) is 0 Å². The van der Waals surface area contributed by atoms with Crippen LogP contribution in [0, 0.1) is 0 Å². The lowest BCUT2D eigenvalue weighted by Crippen LogP contribution is -2.48. The van der Waals surface area contributed by atoms with Crippen molar-refractivity contribution in [3.05, 3.63) is 35.9 Å². The molecule has 1 aromatic carbocycles. The van der Waals surface area contributed by atoms with Gasteiger partial charge in [-0.15, -0.1) is 0 Å². The fraction of sp³-hybridized carbons (Fsp3) is 0.625. The topological polar surface area (TPSA) is 18.5 Å². The summed E-state index contributed by atoms with van der Waals surface area (Å²) in [6, 6.07) is 12.1. The fourth-order valence-corrected chi connectivity index (χ4v) is 3.01. The third-order valence-electron chi connectivity index (χ3n) is 4.18. The van der Waals surface area contributed by atoms with Crippen LogP contribution in [0.1, 0.15) is 24.4 Å². The Balaban J connectivity index is 2.10. The van der Waals surface area contributed by atoms with E-state index in [2.05, 4.69) is 59.5 Å². The third kappa shape index (κ3) is 3.78. The molecule has 1 aliphatic rings. The summed E-state index contributed by atoms with van der Waals surface area (Å²) < 4.78 is 0. The Labute approximate surface area is 117 Å². The zero-order valence-corrected chi connectivity index (χ0v) is 12.5. The molecule has 3 heteroatoms. The van der Waals surface area contributed by atoms with E-state index in [0.717, 1.165) is 6.54 Å². The molecule has 0 aromatic heterocycles. The molecule has 0 bridgehead atoms. The highest BCUT2D eigenvalue weighted by molar-refractivity contribution is 5.19. The van der Waals surface area contributed by atoms with Crippen molar-refractivity contribution in [2.24, 2.45) is 0 Å². The van der Waals surface area contributed by atoms with Crippen LogP contribution >= 0.6 is 0 Å². The van der Waals surface area contributed by atoms with Gasteiger partial charge in [0.05, 0.1) is 0 Å². The van der Waals surface area contributed by atoms with E-state index in [-0.39, 0.29) is 0 Å². The van der Waals surface area contributed by atoms with E-state index < -0.39 is 0 Å². The highest BCUT2D eigenvalue weighted by Gasteiger charge is 2.27. The van der Waals surface area contributed by atoms with Crippen molar-refractivity contribution in [2.45, 2.75) is 24.9 Å². The molecule has 1 aliphatic heterocycles. The lowest BCUT2D eigenvalue weighted by Gasteiger charge is -2.40. The van der Waals surface area contributed by atoms with Gasteiger partial charge in [0.2, 0.25) is 0 Å². The molecular formula is C16H27N3. The number of nitrogens with one attached hydrogen (secondary N) is 1. The van der Waals surface area contributed by atoms with E-state index in [1.54, 1.807) is 0 Å². The molecule has 1 heterocycles. The van der Waals surface area contributed by atoms with E-state index in [4.69, 9.17) is 0 Å². The SMILES string of the molecule is CNCC(c1ccccc1)N1CCCC(N(C)C)C1. The number of likely N-dealkylation sites (N-methyl/N-ethyl adjacent to an activating group) is 2. The molecule has 1 N–H and O–H groups in total. The largest absolute Gasteiger partial charge is 0.318 e. The number of piperidine rings is 1. The summed E-state index contributed by atoms with van der Waals surface area (Å²) >= 11 is 0. The predicted molar refractivity (Wildman–Crippen MR) is 81.4 cm³/mol. The first-order valence-corrected chi connectivity index (χ1v) is 7.32. The minimum Gasteiger partial charge on any atom is -0.318 e. The van der Waals surface area contributed by atoms with Crippen LogP contribution in [0.25, 0.3) is 0 Å². The minimum atomic E-state index is 0.494. The van der Waals surface area contributed by atoms with Gasteiger partial charge in [0.25, 0.3) is 0 Å². The summed E-state index contributed by atoms with van der Waals surface area (Å²) in [4.78, 5) is 5.01. The summed E-state index contributed by atoms with van der Waals surface area (Å²) in [7, 11) is 6.44. The molecular weight excluding hydrogens is 234 g/mol. The van der Waals surface area contributed by atoms with Crippen LogP contribution in [0.4, 0.5) is 0 Å². The Morgan fingerprint density at radius 1 is 1.32 bits per heavy atom. The smallest absolute Gasteiger partial charge is 0.0473 e. The summed E-state index contributed by atoms with van der Waals surface area (Å²) in [5, 5.41) is 3.35. The van der Waals surface area contributed by atoms with Gasteiger partial charge >= 0.3 is 0 Å². The van der Waals surface area contributed by atoms with Crippen LogP contribution in [-0.4, -0.2) is 56.6 Å². The maximum Gasteiger partial charge on any atom is 0.0473 e. The van der Waals surface area contributed by atoms with Crippen LogP contribution in [0.3, 0.4) is 0 Å². The molecule has 2 rings (SSSR count). The van der Waals surface area contributed by atoms with Gasteiger partial charge in [-0.05, 0) is 46.1 Å². The van der Waals surface area contributed by atoms with Gasteiger partial charge in [-0.3, -0.25) is 4.90 Å². The van der Waals surface area contributed by atoms with Gasteiger partial charge in [-0.1, -0.05) is 30.3 Å². The summed E-state index contributed by atoms with van der Waals surface area (Å²) in [6.07, 6.45) is 2.63. The molecule has 1 saturated heterocycles. The second-order valence-electron chi connectivity index (χ2n) is 5.74. The lowest BCUT2D eigenvalue weighted by molar-refractivity contribution is 0.0956. The highest BCUT2D eigenvalue weighted by Crippen LogP contribution is 2.25. The number of nitrogens with zero attached hydrogens (tertiary/aromatic N) is 2. The summed E-state index contributed by atoms with van der Waals surface area (Å²) in [6.45, 7) is 3.41. The maximum atomic E-state index is 3.35. The number of hydrogen-bond donors (Lipinski definition) is 1. The maximum absolute atomic E-state index is 3.35. The third-order valence-corrected chi connectivity index (χ3v) is 4.18. The zero-order valence-electron chi connectivity index (χ0n) is 12.5. The van der Waals surface area contributed by atoms with Crippen molar-refractivity contribution in [1.29, 1.82) is 0 Å². The Morgan fingerprint density at radius 3 is 2.68 bits per heavy atom. The van der Waals surface area contributed by atoms with Crippen LogP contribution in [-0.2, 0) is 0 Å². The van der Waals surface area contributed by atoms with Crippen LogP contribution in [0.15, 0.2) is 30.3 Å². The fourth-order valence-electron chi connectivity index (χ4n) is 3.01. The van der Waals surface area contributed by atoms with Crippen LogP contribution < -0.4 is 5.32 Å². The average molecular weight is 261 g/mol. The van der Waals surface area contributed by atoms with E-state index in [0.29, 0.717) is 12.1 Å². The van der Waals surface area contributed by atoms with Crippen molar-refractivity contribution in [3.63, 3.8) is 0 Å². The number of hydrogen-bond acceptors (Lipinski definition) is 3. The van der Waals surface area contributed by atoms with Crippen LogP contribution in [0.5, 0.6) is 0 Å². The number of rotatable bonds is 5. The highest BCUT2D eigenvalue weighted by atomic mass is 15.2. The first kappa shape index (κ1) is 14.5. The van der Waals surface area contributed by atoms with Gasteiger partial charge in [-0.2, -0.15) is 0 Å². The Hall–Kier alpha value is -0.900. The van der Waals surface area contributed by atoms with Gasteiger partial charge in [-0.25, -0.2) is 0 Å². The molecule has 0 amide bonds. The molecule has 2 atom stereocenters. The van der Waals surface area contributed by atoms with Crippen molar-refractivity contribution in [1.82, 2.24) is 15.1 Å². The Bertz CT molecular complexity index is 364. The second kappa shape index (κ2) is 7.04. The standard InChI is InChI=1S/C16H27N3/c1-17-12-16(14-8-5-4-6-9-14)19-11-7-10-15(13-19)18(2)3/h4-6,8-9,15-17H,7,10-13H2,1-3H3. The van der Waals surface area contributed by atoms with E-state index in [1.807, 2.05) is 7.05 Å². The van der Waals surface area contributed by atoms with Crippen molar-refractivity contribution >= 4 is 0 Å². The summed E-state index contributed by atoms with van der Waals surface area (Å²) in [5.74, 6) is 0. The molecule has 0 radical (unpaired) electrons. The number of benzene rings is 1. The molecule has 106 valence electrons. The normalized spacial score (nSPS) is 22.6. The first-order chi connectivity index (χ1) is 9.22. The average Bonchev–Trinajstić information content (AvgIpc) is 2.46. The molecule has 0 aliphatic carbocycles. The van der Waals surface area contributed by atoms with E-state index in [1.165, 1.54) is 31.5 Å². The minimum absolute atomic E-state index is 0.494. The first-order valence-electron chi connectivity index (χ1n) is 7.32. The predicted octanol–water partition coefficient (Wildman–Crippen LogP) is 1.97. The van der Waals surface area contributed by atoms with Gasteiger partial charge in [0.1, 0.15) is 0 Å². The van der Waals surface area contributed by atoms with Gasteiger partial charge in [0, 0.05) is 25.2 Å². The van der Waals surface area contributed by atoms with E-state index >= 15 is 0 Å². The Kier molecular flexibility index (Phi) is 5.37. The van der Waals surface area contributed by atoms with Gasteiger partial charge in [0.15, 0.2) is 0 Å².